The molecule has 1 aromatic carbocycles. The number of methoxy groups -OCH3 is 3. The first-order valence-corrected chi connectivity index (χ1v) is 19.7. The van der Waals surface area contributed by atoms with Gasteiger partial charge in [0.1, 0.15) is 34.7 Å². The Balaban J connectivity index is 1.73. The maximum Gasteiger partial charge on any atom is 0.409 e. The van der Waals surface area contributed by atoms with Crippen LogP contribution in [-0.2, 0) is 44.4 Å². The second kappa shape index (κ2) is 18.0. The molecule has 0 saturated carbocycles. The average molecular weight is 773 g/mol. The van der Waals surface area contributed by atoms with Crippen LogP contribution in [0.15, 0.2) is 35.9 Å². The Morgan fingerprint density at radius 1 is 1.25 bits per heavy atom. The number of fused-ring (bicyclic) bond motifs is 5. The van der Waals surface area contributed by atoms with Gasteiger partial charge in [-0.25, -0.2) is 9.59 Å². The largest absolute Gasteiger partial charge is 0.495 e. The van der Waals surface area contributed by atoms with Crippen LogP contribution in [0.5, 0.6) is 5.75 Å². The molecular weight excluding hydrogens is 724 g/mol. The molecule has 0 aliphatic carbocycles. The molecule has 51 heavy (non-hydrogen) atoms. The van der Waals surface area contributed by atoms with Crippen LogP contribution in [0, 0.1) is 5.92 Å². The Kier molecular flexibility index (Phi) is 14.6. The number of esters is 1. The maximum absolute atomic E-state index is 14.1. The molecule has 1 aromatic rings. The number of alkyl carbamates (subject to hydrolysis) is 1. The third kappa shape index (κ3) is 9.93. The van der Waals surface area contributed by atoms with Crippen LogP contribution in [0.25, 0.3) is 0 Å². The fourth-order valence-electron chi connectivity index (χ4n) is 6.42. The van der Waals surface area contributed by atoms with Crippen molar-refractivity contribution in [3.05, 3.63) is 46.5 Å². The van der Waals surface area contributed by atoms with Crippen LogP contribution in [0.3, 0.4) is 0 Å². The lowest BCUT2D eigenvalue weighted by Gasteiger charge is -2.42. The number of nitrogens with one attached hydrogen (secondary N) is 1. The van der Waals surface area contributed by atoms with Crippen LogP contribution in [0.1, 0.15) is 39.2 Å². The van der Waals surface area contributed by atoms with Crippen molar-refractivity contribution in [2.45, 2.75) is 81.9 Å². The summed E-state index contributed by atoms with van der Waals surface area (Å²) in [6.07, 6.45) is 2.06. The molecule has 2 saturated heterocycles. The minimum absolute atomic E-state index is 0.0322. The van der Waals surface area contributed by atoms with Crippen LogP contribution < -0.4 is 15.0 Å². The molecule has 2 amide bonds. The zero-order valence-electron chi connectivity index (χ0n) is 30.3. The third-order valence-electron chi connectivity index (χ3n) is 9.45. The quantitative estimate of drug-likeness (QED) is 0.138. The molecular formula is C35H49ClN2O11S2. The summed E-state index contributed by atoms with van der Waals surface area (Å²) in [5, 5.41) is 14.5. The summed E-state index contributed by atoms with van der Waals surface area (Å²) in [6, 6.07) is 3.61. The minimum Gasteiger partial charge on any atom is -0.495 e. The van der Waals surface area contributed by atoms with Crippen LogP contribution >= 0.6 is 33.2 Å². The Labute approximate surface area is 312 Å². The zero-order chi connectivity index (χ0) is 37.5. The first-order valence-electron chi connectivity index (χ1n) is 16.6. The first kappa shape index (κ1) is 41.3. The summed E-state index contributed by atoms with van der Waals surface area (Å²) in [4.78, 5) is 41.8. The van der Waals surface area contributed by atoms with Crippen molar-refractivity contribution < 1.29 is 52.6 Å². The number of benzene rings is 1. The van der Waals surface area contributed by atoms with Crippen LogP contribution in [-0.4, -0.2) is 119 Å². The second-order valence-corrected chi connectivity index (χ2v) is 16.1. The van der Waals surface area contributed by atoms with E-state index in [0.717, 1.165) is 16.9 Å². The van der Waals surface area contributed by atoms with Crippen molar-refractivity contribution in [1.82, 2.24) is 5.32 Å². The average Bonchev–Trinajstić information content (AvgIpc) is 3.79. The van der Waals surface area contributed by atoms with Gasteiger partial charge >= 0.3 is 12.1 Å². The number of nitrogens with zero attached hydrogens (tertiary/aromatic N) is 1. The summed E-state index contributed by atoms with van der Waals surface area (Å²) < 4.78 is 40.2. The van der Waals surface area contributed by atoms with E-state index in [9.17, 15) is 19.5 Å². The topological polar surface area (TPSA) is 155 Å². The van der Waals surface area contributed by atoms with Crippen molar-refractivity contribution in [2.75, 3.05) is 58.5 Å². The molecule has 3 heterocycles. The zero-order valence-corrected chi connectivity index (χ0v) is 32.7. The fourth-order valence-corrected chi connectivity index (χ4v) is 7.79. The number of ether oxygens (including phenoxy) is 7. The van der Waals surface area contributed by atoms with Gasteiger partial charge in [0.2, 0.25) is 5.91 Å². The van der Waals surface area contributed by atoms with E-state index < -0.39 is 65.7 Å². The summed E-state index contributed by atoms with van der Waals surface area (Å²) in [7, 11) is 9.15. The maximum atomic E-state index is 14.1. The molecule has 13 nitrogen and oxygen atoms in total. The number of epoxide rings is 1. The van der Waals surface area contributed by atoms with Gasteiger partial charge in [-0.15, -0.1) is 0 Å². The molecule has 8 atom stereocenters. The Morgan fingerprint density at radius 2 is 2.00 bits per heavy atom. The Hall–Kier alpha value is -2.50. The molecule has 0 aromatic heterocycles. The molecule has 2 unspecified atom stereocenters. The van der Waals surface area contributed by atoms with Crippen molar-refractivity contribution in [3.8, 4) is 5.75 Å². The van der Waals surface area contributed by atoms with E-state index in [1.165, 1.54) is 26.2 Å². The van der Waals surface area contributed by atoms with Gasteiger partial charge < -0.3 is 43.2 Å². The SMILES string of the molecule is COc1cc2cc(c1Cl)N(C)C(=O)C[C@H](OC(=O)C(COCCSSC)OC)[C@]1(C)O[C@H]1[C@H](C)C1C[C@@](O)(NC(=O)O1)[C@H](OC)/C=C/C=C(\C)C2. The van der Waals surface area contributed by atoms with E-state index in [4.69, 9.17) is 44.8 Å². The minimum atomic E-state index is -1.81. The molecule has 4 bridgehead atoms. The summed E-state index contributed by atoms with van der Waals surface area (Å²) in [6.45, 7) is 5.85. The van der Waals surface area contributed by atoms with Gasteiger partial charge in [-0.3, -0.25) is 10.1 Å². The van der Waals surface area contributed by atoms with Gasteiger partial charge in [0.05, 0.1) is 38.5 Å². The Bertz CT molecular complexity index is 1480. The lowest BCUT2D eigenvalue weighted by Crippen LogP contribution is -2.63. The van der Waals surface area contributed by atoms with Gasteiger partial charge in [-0.05, 0) is 44.2 Å². The second-order valence-electron chi connectivity index (χ2n) is 13.0. The van der Waals surface area contributed by atoms with Crippen molar-refractivity contribution in [2.24, 2.45) is 5.92 Å². The normalized spacial score (nSPS) is 32.1. The molecule has 16 heteroatoms. The van der Waals surface area contributed by atoms with E-state index in [2.05, 4.69) is 5.32 Å². The monoisotopic (exact) mass is 772 g/mol. The summed E-state index contributed by atoms with van der Waals surface area (Å²) >= 11 is 6.75. The molecule has 0 spiro atoms. The van der Waals surface area contributed by atoms with Crippen molar-refractivity contribution in [3.63, 3.8) is 0 Å². The number of carbonyl (C=O) groups is 3. The summed E-state index contributed by atoms with van der Waals surface area (Å²) in [5.74, 6) is -0.522. The van der Waals surface area contributed by atoms with E-state index in [-0.39, 0.29) is 24.5 Å². The van der Waals surface area contributed by atoms with Crippen molar-refractivity contribution >= 4 is 56.8 Å². The third-order valence-corrected chi connectivity index (χ3v) is 11.6. The Morgan fingerprint density at radius 3 is 2.67 bits per heavy atom. The number of rotatable bonds is 11. The predicted octanol–water partition coefficient (Wildman–Crippen LogP) is 4.71. The predicted molar refractivity (Wildman–Crippen MR) is 196 cm³/mol. The van der Waals surface area contributed by atoms with E-state index in [1.54, 1.807) is 53.8 Å². The van der Waals surface area contributed by atoms with Gasteiger partial charge in [-0.2, -0.15) is 0 Å². The highest BCUT2D eigenvalue weighted by Gasteiger charge is 2.64. The lowest BCUT2D eigenvalue weighted by atomic mass is 9.83. The fraction of sp³-hybridized carbons (Fsp3) is 0.629. The standard InChI is InChI=1S/C35H49ClN2O11S2/c1-20-10-9-11-27(45-7)35(42)18-25(47-33(41)37-35)21(2)31-34(3,49-31)28(48-32(40)26(44-6)19-46-12-13-51-50-8)17-29(39)38(4)23-15-22(14-20)16-24(43-5)30(23)36/h9-11,15-16,21,25-28,31,42H,12-14,17-19H2,1-8H3,(H,37,41)/b11-9+,20-10+/t21-,25?,26?,27-,28+,31+,34+,35+/m1/s1. The van der Waals surface area contributed by atoms with Gasteiger partial charge in [0.15, 0.2) is 11.8 Å². The number of amides is 2. The number of aliphatic hydroxyl groups is 1. The highest BCUT2D eigenvalue weighted by atomic mass is 35.5. The smallest absolute Gasteiger partial charge is 0.409 e. The number of carbonyl (C=O) groups excluding carboxylic acids is 3. The number of hydrogen-bond acceptors (Lipinski definition) is 13. The molecule has 284 valence electrons. The van der Waals surface area contributed by atoms with Crippen molar-refractivity contribution in [1.29, 1.82) is 0 Å². The number of hydrogen-bond donors (Lipinski definition) is 2. The summed E-state index contributed by atoms with van der Waals surface area (Å²) in [5.41, 5.74) is -0.814. The first-order chi connectivity index (χ1) is 24.2. The van der Waals surface area contributed by atoms with Gasteiger partial charge in [-0.1, -0.05) is 63.9 Å². The van der Waals surface area contributed by atoms with E-state index in [0.29, 0.717) is 24.5 Å². The number of allylic oxidation sites excluding steroid dienone is 3. The number of anilines is 1. The molecule has 0 radical (unpaired) electrons. The highest BCUT2D eigenvalue weighted by molar-refractivity contribution is 8.76. The molecule has 3 aliphatic rings. The van der Waals surface area contributed by atoms with E-state index in [1.807, 2.05) is 32.2 Å². The van der Waals surface area contributed by atoms with Gasteiger partial charge in [0, 0.05) is 39.4 Å². The van der Waals surface area contributed by atoms with Crippen LogP contribution in [0.2, 0.25) is 5.02 Å². The van der Waals surface area contributed by atoms with Gasteiger partial charge in [0.25, 0.3) is 0 Å². The molecule has 3 aliphatic heterocycles. The molecule has 2 fully saturated rings. The number of halogens is 1. The highest BCUT2D eigenvalue weighted by Crippen LogP contribution is 2.49. The lowest BCUT2D eigenvalue weighted by molar-refractivity contribution is -0.168. The molecule has 2 N–H and O–H groups in total. The molecule has 4 rings (SSSR count). The van der Waals surface area contributed by atoms with E-state index >= 15 is 0 Å². The van der Waals surface area contributed by atoms with Crippen LogP contribution in [0.4, 0.5) is 10.5 Å².